The number of aliphatic hydroxyl groups is 1. The fourth-order valence-corrected chi connectivity index (χ4v) is 3.58. The minimum atomic E-state index is 0.279. The quantitative estimate of drug-likeness (QED) is 0.883. The van der Waals surface area contributed by atoms with Gasteiger partial charge in [0, 0.05) is 42.7 Å². The van der Waals surface area contributed by atoms with Crippen LogP contribution in [0.5, 0.6) is 0 Å². The number of pyridine rings is 1. The first-order chi connectivity index (χ1) is 11.3. The van der Waals surface area contributed by atoms with Crippen molar-refractivity contribution in [3.8, 4) is 6.07 Å². The van der Waals surface area contributed by atoms with Crippen molar-refractivity contribution in [2.24, 2.45) is 5.92 Å². The molecule has 2 aromatic heterocycles. The molecule has 0 saturated carbocycles. The molecule has 5 nitrogen and oxygen atoms in total. The second kappa shape index (κ2) is 7.44. The van der Waals surface area contributed by atoms with Crippen LogP contribution in [0.25, 0.3) is 0 Å². The minimum absolute atomic E-state index is 0.279. The van der Waals surface area contributed by atoms with Crippen LogP contribution >= 0.6 is 11.3 Å². The van der Waals surface area contributed by atoms with E-state index in [2.05, 4.69) is 21.3 Å². The van der Waals surface area contributed by atoms with E-state index < -0.39 is 0 Å². The van der Waals surface area contributed by atoms with Crippen molar-refractivity contribution in [2.75, 3.05) is 29.9 Å². The second-order valence-electron chi connectivity index (χ2n) is 5.75. The second-order valence-corrected chi connectivity index (χ2v) is 6.75. The number of nitrogens with one attached hydrogen (secondary N) is 1. The third kappa shape index (κ3) is 3.81. The average Bonchev–Trinajstić information content (AvgIpc) is 3.08. The predicted molar refractivity (Wildman–Crippen MR) is 92.6 cm³/mol. The highest BCUT2D eigenvalue weighted by Crippen LogP contribution is 2.28. The first kappa shape index (κ1) is 15.8. The minimum Gasteiger partial charge on any atom is -0.396 e. The van der Waals surface area contributed by atoms with E-state index in [1.807, 2.05) is 29.8 Å². The number of rotatable bonds is 5. The van der Waals surface area contributed by atoms with E-state index in [1.54, 1.807) is 11.3 Å². The topological polar surface area (TPSA) is 72.2 Å². The maximum Gasteiger partial charge on any atom is 0.151 e. The lowest BCUT2D eigenvalue weighted by Crippen LogP contribution is -2.35. The van der Waals surface area contributed by atoms with Crippen LogP contribution in [-0.4, -0.2) is 29.8 Å². The van der Waals surface area contributed by atoms with Crippen LogP contribution in [0, 0.1) is 17.2 Å². The average molecular weight is 328 g/mol. The fraction of sp³-hybridized carbons (Fsp3) is 0.412. The van der Waals surface area contributed by atoms with Gasteiger partial charge in [-0.2, -0.15) is 5.26 Å². The van der Waals surface area contributed by atoms with Gasteiger partial charge >= 0.3 is 0 Å². The summed E-state index contributed by atoms with van der Waals surface area (Å²) in [5.74, 6) is 1.39. The summed E-state index contributed by atoms with van der Waals surface area (Å²) in [5.41, 5.74) is 1.73. The highest BCUT2D eigenvalue weighted by atomic mass is 32.1. The molecule has 3 heterocycles. The molecule has 0 radical (unpaired) electrons. The van der Waals surface area contributed by atoms with Crippen LogP contribution in [0.4, 0.5) is 11.5 Å². The van der Waals surface area contributed by atoms with Crippen LogP contribution in [0.1, 0.15) is 23.3 Å². The molecule has 0 amide bonds. The van der Waals surface area contributed by atoms with Gasteiger partial charge in [-0.15, -0.1) is 11.3 Å². The van der Waals surface area contributed by atoms with Crippen LogP contribution in [0.15, 0.2) is 29.8 Å². The Bertz CT molecular complexity index is 686. The van der Waals surface area contributed by atoms with Crippen molar-refractivity contribution in [1.29, 1.82) is 5.26 Å². The molecule has 1 aliphatic heterocycles. The molecule has 3 rings (SSSR count). The van der Waals surface area contributed by atoms with Gasteiger partial charge in [-0.3, -0.25) is 0 Å². The Morgan fingerprint density at radius 2 is 2.26 bits per heavy atom. The Balaban J connectivity index is 1.67. The van der Waals surface area contributed by atoms with Crippen molar-refractivity contribution < 1.29 is 5.11 Å². The molecule has 2 N–H and O–H groups in total. The van der Waals surface area contributed by atoms with Gasteiger partial charge < -0.3 is 15.3 Å². The molecule has 1 aliphatic rings. The molecular formula is C17H20N4OS. The zero-order chi connectivity index (χ0) is 16.1. The van der Waals surface area contributed by atoms with E-state index in [1.165, 1.54) is 0 Å². The number of aliphatic hydroxyl groups excluding tert-OH is 1. The Kier molecular flexibility index (Phi) is 5.11. The summed E-state index contributed by atoms with van der Waals surface area (Å²) >= 11 is 1.59. The zero-order valence-corrected chi connectivity index (χ0v) is 13.7. The smallest absolute Gasteiger partial charge is 0.151 e. The van der Waals surface area contributed by atoms with Gasteiger partial charge in [0.1, 0.15) is 6.07 Å². The Morgan fingerprint density at radius 1 is 1.43 bits per heavy atom. The van der Waals surface area contributed by atoms with Gasteiger partial charge in [0.2, 0.25) is 0 Å². The van der Waals surface area contributed by atoms with Gasteiger partial charge in [0.25, 0.3) is 0 Å². The maximum absolute atomic E-state index is 9.27. The summed E-state index contributed by atoms with van der Waals surface area (Å²) in [7, 11) is 0. The van der Waals surface area contributed by atoms with Gasteiger partial charge in [0.15, 0.2) is 5.82 Å². The third-order valence-corrected chi connectivity index (χ3v) is 5.13. The van der Waals surface area contributed by atoms with Crippen molar-refractivity contribution in [1.82, 2.24) is 4.98 Å². The van der Waals surface area contributed by atoms with E-state index in [9.17, 15) is 5.11 Å². The number of hydrogen-bond acceptors (Lipinski definition) is 6. The third-order valence-electron chi connectivity index (χ3n) is 4.19. The van der Waals surface area contributed by atoms with E-state index in [4.69, 9.17) is 5.26 Å². The first-order valence-corrected chi connectivity index (χ1v) is 8.70. The summed E-state index contributed by atoms with van der Waals surface area (Å²) in [5, 5.41) is 23.5. The van der Waals surface area contributed by atoms with E-state index in [0.717, 1.165) is 42.3 Å². The molecule has 0 bridgehead atoms. The molecule has 0 unspecified atom stereocenters. The summed E-state index contributed by atoms with van der Waals surface area (Å²) in [6, 6.07) is 8.05. The summed E-state index contributed by atoms with van der Waals surface area (Å²) in [6.07, 6.45) is 3.82. The molecular weight excluding hydrogens is 308 g/mol. The molecule has 120 valence electrons. The van der Waals surface area contributed by atoms with Gasteiger partial charge in [-0.05, 0) is 37.0 Å². The van der Waals surface area contributed by atoms with E-state index in [0.29, 0.717) is 18.0 Å². The van der Waals surface area contributed by atoms with E-state index >= 15 is 0 Å². The predicted octanol–water partition coefficient (Wildman–Crippen LogP) is 2.84. The Morgan fingerprint density at radius 3 is 2.96 bits per heavy atom. The summed E-state index contributed by atoms with van der Waals surface area (Å²) in [4.78, 5) is 7.95. The first-order valence-electron chi connectivity index (χ1n) is 7.82. The molecule has 0 atom stereocenters. The van der Waals surface area contributed by atoms with Gasteiger partial charge in [-0.25, -0.2) is 4.98 Å². The number of nitrogens with zero attached hydrogens (tertiary/aromatic N) is 3. The van der Waals surface area contributed by atoms with Crippen molar-refractivity contribution in [3.63, 3.8) is 0 Å². The number of nitriles is 1. The maximum atomic E-state index is 9.27. The molecule has 1 fully saturated rings. The monoisotopic (exact) mass is 328 g/mol. The normalized spacial score (nSPS) is 15.4. The number of hydrogen-bond donors (Lipinski definition) is 2. The van der Waals surface area contributed by atoms with Crippen LogP contribution < -0.4 is 10.2 Å². The molecule has 0 aromatic carbocycles. The largest absolute Gasteiger partial charge is 0.396 e. The molecule has 6 heteroatoms. The number of piperidine rings is 1. The molecule has 23 heavy (non-hydrogen) atoms. The molecule has 0 aliphatic carbocycles. The van der Waals surface area contributed by atoms with Gasteiger partial charge in [0.05, 0.1) is 11.3 Å². The van der Waals surface area contributed by atoms with Crippen molar-refractivity contribution >= 4 is 22.8 Å². The van der Waals surface area contributed by atoms with Crippen LogP contribution in [0.3, 0.4) is 0 Å². The summed E-state index contributed by atoms with van der Waals surface area (Å²) < 4.78 is 0. The number of anilines is 2. The highest BCUT2D eigenvalue weighted by molar-refractivity contribution is 7.10. The van der Waals surface area contributed by atoms with Gasteiger partial charge in [-0.1, -0.05) is 0 Å². The van der Waals surface area contributed by atoms with Crippen molar-refractivity contribution in [3.05, 3.63) is 40.2 Å². The lowest BCUT2D eigenvalue weighted by molar-refractivity contribution is 0.203. The van der Waals surface area contributed by atoms with E-state index in [-0.39, 0.29) is 6.61 Å². The Labute approximate surface area is 140 Å². The number of aromatic nitrogens is 1. The highest BCUT2D eigenvalue weighted by Gasteiger charge is 2.21. The number of thiophene rings is 1. The van der Waals surface area contributed by atoms with Crippen LogP contribution in [0.2, 0.25) is 0 Å². The SMILES string of the molecule is N#Cc1csc(CNc2cccnc2N2CCC(CO)CC2)c1. The van der Waals surface area contributed by atoms with Crippen molar-refractivity contribution in [2.45, 2.75) is 19.4 Å². The standard InChI is InChI=1S/C17H20N4OS/c18-9-14-8-15(23-12-14)10-20-16-2-1-5-19-17(16)21-6-3-13(11-22)4-7-21/h1-2,5,8,12-13,20,22H,3-4,6-7,10-11H2. The van der Waals surface area contributed by atoms with Crippen LogP contribution in [-0.2, 0) is 6.54 Å². The molecule has 1 saturated heterocycles. The molecule has 2 aromatic rings. The lowest BCUT2D eigenvalue weighted by atomic mass is 9.98. The summed E-state index contributed by atoms with van der Waals surface area (Å²) in [6.45, 7) is 2.82. The fourth-order valence-electron chi connectivity index (χ4n) is 2.83. The zero-order valence-electron chi connectivity index (χ0n) is 12.9. The Hall–Kier alpha value is -2.10. The molecule has 0 spiro atoms. The lowest BCUT2D eigenvalue weighted by Gasteiger charge is -2.33.